The zero-order valence-corrected chi connectivity index (χ0v) is 9.07. The van der Waals surface area contributed by atoms with Gasteiger partial charge in [-0.2, -0.15) is 5.10 Å². The third-order valence-corrected chi connectivity index (χ3v) is 2.36. The summed E-state index contributed by atoms with van der Waals surface area (Å²) in [5.41, 5.74) is -0.132. The van der Waals surface area contributed by atoms with E-state index in [0.29, 0.717) is 0 Å². The van der Waals surface area contributed by atoms with E-state index >= 15 is 0 Å². The Morgan fingerprint density at radius 3 is 2.88 bits per heavy atom. The van der Waals surface area contributed by atoms with E-state index in [-0.39, 0.29) is 16.4 Å². The molecule has 0 aliphatic heterocycles. The van der Waals surface area contributed by atoms with Crippen LogP contribution in [0, 0.1) is 5.82 Å². The lowest BCUT2D eigenvalue weighted by Crippen LogP contribution is -2.12. The standard InChI is InChI=1S/C10H7ClFN3O/c1-15-9(6(11)5-14-15)10(16)8-7(12)3-2-4-13-8/h2-5H,1H3. The lowest BCUT2D eigenvalue weighted by Gasteiger charge is -2.02. The van der Waals surface area contributed by atoms with Crippen molar-refractivity contribution in [1.82, 2.24) is 14.8 Å². The minimum Gasteiger partial charge on any atom is -0.285 e. The summed E-state index contributed by atoms with van der Waals surface area (Å²) < 4.78 is 14.6. The topological polar surface area (TPSA) is 47.8 Å². The molecule has 6 heteroatoms. The second kappa shape index (κ2) is 4.02. The minimum atomic E-state index is -0.676. The van der Waals surface area contributed by atoms with Gasteiger partial charge in [-0.3, -0.25) is 9.48 Å². The molecule has 82 valence electrons. The molecule has 2 aromatic heterocycles. The summed E-state index contributed by atoms with van der Waals surface area (Å²) in [6.45, 7) is 0. The molecule has 4 nitrogen and oxygen atoms in total. The molecule has 0 atom stereocenters. The van der Waals surface area contributed by atoms with Crippen LogP contribution in [0.1, 0.15) is 16.2 Å². The Hall–Kier alpha value is -1.75. The molecular formula is C10H7ClFN3O. The number of halogens is 2. The first-order chi connectivity index (χ1) is 7.61. The zero-order chi connectivity index (χ0) is 11.7. The van der Waals surface area contributed by atoms with Gasteiger partial charge in [0.1, 0.15) is 11.4 Å². The molecule has 0 radical (unpaired) electrons. The van der Waals surface area contributed by atoms with Gasteiger partial charge in [-0.1, -0.05) is 11.6 Å². The molecule has 0 saturated carbocycles. The number of pyridine rings is 1. The van der Waals surface area contributed by atoms with Crippen molar-refractivity contribution in [2.75, 3.05) is 0 Å². The molecule has 2 heterocycles. The third kappa shape index (κ3) is 1.69. The van der Waals surface area contributed by atoms with Gasteiger partial charge in [-0.25, -0.2) is 9.37 Å². The Morgan fingerprint density at radius 2 is 2.31 bits per heavy atom. The molecule has 2 aromatic rings. The molecule has 0 spiro atoms. The summed E-state index contributed by atoms with van der Waals surface area (Å²) in [6, 6.07) is 2.58. The maximum Gasteiger partial charge on any atom is 0.233 e. The fourth-order valence-electron chi connectivity index (χ4n) is 1.33. The van der Waals surface area contributed by atoms with E-state index in [1.165, 1.54) is 29.2 Å². The van der Waals surface area contributed by atoms with Crippen LogP contribution in [0.4, 0.5) is 4.39 Å². The van der Waals surface area contributed by atoms with E-state index in [4.69, 9.17) is 11.6 Å². The molecule has 0 saturated heterocycles. The van der Waals surface area contributed by atoms with Crippen molar-refractivity contribution in [3.63, 3.8) is 0 Å². The van der Waals surface area contributed by atoms with Crippen LogP contribution < -0.4 is 0 Å². The van der Waals surface area contributed by atoms with Crippen molar-refractivity contribution in [2.45, 2.75) is 0 Å². The summed E-state index contributed by atoms with van der Waals surface area (Å²) in [5.74, 6) is -1.26. The van der Waals surface area contributed by atoms with E-state index in [1.54, 1.807) is 7.05 Å². The number of rotatable bonds is 2. The van der Waals surface area contributed by atoms with Crippen LogP contribution in [0.25, 0.3) is 0 Å². The van der Waals surface area contributed by atoms with E-state index in [2.05, 4.69) is 10.1 Å². The Morgan fingerprint density at radius 1 is 1.56 bits per heavy atom. The number of carbonyl (C=O) groups excluding carboxylic acids is 1. The molecule has 0 aliphatic carbocycles. The molecule has 0 amide bonds. The van der Waals surface area contributed by atoms with Crippen molar-refractivity contribution in [3.8, 4) is 0 Å². The molecule has 0 aromatic carbocycles. The smallest absolute Gasteiger partial charge is 0.233 e. The van der Waals surface area contributed by atoms with Crippen molar-refractivity contribution in [1.29, 1.82) is 0 Å². The van der Waals surface area contributed by atoms with Gasteiger partial charge in [-0.15, -0.1) is 0 Å². The summed E-state index contributed by atoms with van der Waals surface area (Å²) in [4.78, 5) is 15.6. The van der Waals surface area contributed by atoms with Crippen molar-refractivity contribution in [2.24, 2.45) is 7.05 Å². The van der Waals surface area contributed by atoms with Crippen LogP contribution in [0.5, 0.6) is 0 Å². The van der Waals surface area contributed by atoms with Gasteiger partial charge >= 0.3 is 0 Å². The van der Waals surface area contributed by atoms with Gasteiger partial charge in [0, 0.05) is 13.2 Å². The number of hydrogen-bond donors (Lipinski definition) is 0. The maximum atomic E-state index is 13.3. The second-order valence-corrected chi connectivity index (χ2v) is 3.53. The predicted octanol–water partition coefficient (Wildman–Crippen LogP) is 1.84. The van der Waals surface area contributed by atoms with E-state index in [1.807, 2.05) is 0 Å². The Balaban J connectivity index is 2.52. The van der Waals surface area contributed by atoms with Gasteiger partial charge in [0.2, 0.25) is 5.78 Å². The number of hydrogen-bond acceptors (Lipinski definition) is 3. The average molecular weight is 240 g/mol. The molecule has 2 rings (SSSR count). The molecule has 0 bridgehead atoms. The van der Waals surface area contributed by atoms with Crippen molar-refractivity contribution < 1.29 is 9.18 Å². The van der Waals surface area contributed by atoms with Crippen LogP contribution in [-0.4, -0.2) is 20.5 Å². The first-order valence-electron chi connectivity index (χ1n) is 4.44. The summed E-state index contributed by atoms with van der Waals surface area (Å²) in [7, 11) is 1.56. The number of nitrogens with zero attached hydrogens (tertiary/aromatic N) is 3. The van der Waals surface area contributed by atoms with Crippen LogP contribution in [-0.2, 0) is 7.05 Å². The van der Waals surface area contributed by atoms with Crippen LogP contribution in [0.3, 0.4) is 0 Å². The highest BCUT2D eigenvalue weighted by molar-refractivity contribution is 6.34. The SMILES string of the molecule is Cn1ncc(Cl)c1C(=O)c1ncccc1F. The van der Waals surface area contributed by atoms with Gasteiger partial charge in [0.25, 0.3) is 0 Å². The summed E-state index contributed by atoms with van der Waals surface area (Å²) >= 11 is 5.79. The molecule has 16 heavy (non-hydrogen) atoms. The molecule has 0 unspecified atom stereocenters. The molecular weight excluding hydrogens is 233 g/mol. The van der Waals surface area contributed by atoms with Crippen molar-refractivity contribution >= 4 is 17.4 Å². The highest BCUT2D eigenvalue weighted by atomic mass is 35.5. The quantitative estimate of drug-likeness (QED) is 0.752. The fourth-order valence-corrected chi connectivity index (χ4v) is 1.58. The lowest BCUT2D eigenvalue weighted by atomic mass is 10.2. The normalized spacial score (nSPS) is 10.4. The number of aryl methyl sites for hydroxylation is 1. The number of carbonyl (C=O) groups is 1. The van der Waals surface area contributed by atoms with Crippen LogP contribution in [0.2, 0.25) is 5.02 Å². The second-order valence-electron chi connectivity index (χ2n) is 3.13. The number of aromatic nitrogens is 3. The fraction of sp³-hybridized carbons (Fsp3) is 0.100. The van der Waals surface area contributed by atoms with Gasteiger partial charge in [0.15, 0.2) is 5.82 Å². The Bertz CT molecular complexity index is 533. The maximum absolute atomic E-state index is 13.3. The van der Waals surface area contributed by atoms with Gasteiger partial charge in [0.05, 0.1) is 11.2 Å². The predicted molar refractivity (Wildman–Crippen MR) is 55.8 cm³/mol. The van der Waals surface area contributed by atoms with E-state index < -0.39 is 11.6 Å². The third-order valence-electron chi connectivity index (χ3n) is 2.08. The summed E-state index contributed by atoms with van der Waals surface area (Å²) in [6.07, 6.45) is 2.68. The first kappa shape index (κ1) is 10.8. The van der Waals surface area contributed by atoms with Crippen molar-refractivity contribution in [3.05, 3.63) is 46.8 Å². The van der Waals surface area contributed by atoms with Crippen LogP contribution in [0.15, 0.2) is 24.5 Å². The Kier molecular flexibility index (Phi) is 2.70. The highest BCUT2D eigenvalue weighted by Gasteiger charge is 2.21. The number of ketones is 1. The molecule has 0 fully saturated rings. The summed E-state index contributed by atoms with van der Waals surface area (Å²) in [5, 5.41) is 3.98. The monoisotopic (exact) mass is 239 g/mol. The average Bonchev–Trinajstić information content (AvgIpc) is 2.58. The van der Waals surface area contributed by atoms with Gasteiger partial charge in [-0.05, 0) is 12.1 Å². The largest absolute Gasteiger partial charge is 0.285 e. The minimum absolute atomic E-state index is 0.124. The van der Waals surface area contributed by atoms with E-state index in [0.717, 1.165) is 0 Å². The van der Waals surface area contributed by atoms with Gasteiger partial charge < -0.3 is 0 Å². The molecule has 0 N–H and O–H groups in total. The van der Waals surface area contributed by atoms with Crippen LogP contribution >= 0.6 is 11.6 Å². The lowest BCUT2D eigenvalue weighted by molar-refractivity contribution is 0.102. The zero-order valence-electron chi connectivity index (χ0n) is 8.32. The first-order valence-corrected chi connectivity index (χ1v) is 4.81. The van der Waals surface area contributed by atoms with E-state index in [9.17, 15) is 9.18 Å². The highest BCUT2D eigenvalue weighted by Crippen LogP contribution is 2.18. The molecule has 0 aliphatic rings. The Labute approximate surface area is 95.7 Å².